The number of nitrogens with zero attached hydrogens (tertiary/aromatic N) is 2. The van der Waals surface area contributed by atoms with Crippen LogP contribution in [-0.4, -0.2) is 17.5 Å². The van der Waals surface area contributed by atoms with E-state index in [9.17, 15) is 4.79 Å². The van der Waals surface area contributed by atoms with Gasteiger partial charge in [-0.2, -0.15) is 0 Å². The average molecular weight is 508 g/mol. The van der Waals surface area contributed by atoms with Crippen LogP contribution < -0.4 is 14.4 Å². The zero-order valence-corrected chi connectivity index (χ0v) is 20.2. The van der Waals surface area contributed by atoms with Crippen molar-refractivity contribution in [3.05, 3.63) is 101 Å². The van der Waals surface area contributed by atoms with Crippen molar-refractivity contribution in [2.75, 3.05) is 16.2 Å². The molecule has 34 heavy (non-hydrogen) atoms. The summed E-state index contributed by atoms with van der Waals surface area (Å²) in [6.45, 7) is 0.433. The van der Waals surface area contributed by atoms with Crippen molar-refractivity contribution in [2.24, 2.45) is 0 Å². The third-order valence-corrected chi connectivity index (χ3v) is 6.73. The molecule has 1 aliphatic rings. The summed E-state index contributed by atoms with van der Waals surface area (Å²) in [5, 5.41) is 1.04. The molecule has 0 atom stereocenters. The van der Waals surface area contributed by atoms with E-state index >= 15 is 0 Å². The van der Waals surface area contributed by atoms with Crippen LogP contribution in [-0.2, 0) is 11.3 Å². The summed E-state index contributed by atoms with van der Waals surface area (Å²) in [4.78, 5) is 19.9. The number of aromatic nitrogens is 1. The molecule has 0 unspecified atom stereocenters. The Labute approximate surface area is 211 Å². The minimum Gasteiger partial charge on any atom is -0.482 e. The van der Waals surface area contributed by atoms with Crippen LogP contribution in [0.25, 0.3) is 11.1 Å². The first-order chi connectivity index (χ1) is 16.6. The number of nitrogens with one attached hydrogen (secondary N) is 1. The Balaban J connectivity index is 1.43. The van der Waals surface area contributed by atoms with Gasteiger partial charge >= 0.3 is 0 Å². The van der Waals surface area contributed by atoms with Gasteiger partial charge in [-0.15, -0.1) is 0 Å². The number of anilines is 2. The molecule has 1 N–H and O–H groups in total. The van der Waals surface area contributed by atoms with E-state index in [4.69, 9.17) is 27.9 Å². The summed E-state index contributed by atoms with van der Waals surface area (Å²) in [5.41, 5.74) is 4.17. The Morgan fingerprint density at radius 2 is 1.76 bits per heavy atom. The highest BCUT2D eigenvalue weighted by molar-refractivity contribution is 8.00. The van der Waals surface area contributed by atoms with Gasteiger partial charge in [0.25, 0.3) is 5.91 Å². The summed E-state index contributed by atoms with van der Waals surface area (Å²) in [6, 6.07) is 25.2. The predicted octanol–water partition coefficient (Wildman–Crippen LogP) is 7.10. The van der Waals surface area contributed by atoms with Crippen LogP contribution in [0.1, 0.15) is 5.56 Å². The lowest BCUT2D eigenvalue weighted by Crippen LogP contribution is -2.38. The number of rotatable bonds is 6. The summed E-state index contributed by atoms with van der Waals surface area (Å²) in [7, 11) is 0. The molecule has 0 spiro atoms. The minimum absolute atomic E-state index is 0.00716. The van der Waals surface area contributed by atoms with Gasteiger partial charge in [0.1, 0.15) is 5.75 Å². The molecule has 170 valence electrons. The van der Waals surface area contributed by atoms with Crippen molar-refractivity contribution in [1.29, 1.82) is 0 Å². The van der Waals surface area contributed by atoms with Crippen LogP contribution in [0.15, 0.2) is 90.0 Å². The molecule has 3 aromatic carbocycles. The van der Waals surface area contributed by atoms with Crippen molar-refractivity contribution in [3.63, 3.8) is 0 Å². The number of benzene rings is 3. The van der Waals surface area contributed by atoms with Gasteiger partial charge < -0.3 is 14.4 Å². The Morgan fingerprint density at radius 1 is 0.971 bits per heavy atom. The van der Waals surface area contributed by atoms with Gasteiger partial charge in [-0.3, -0.25) is 4.79 Å². The minimum atomic E-state index is -0.101. The summed E-state index contributed by atoms with van der Waals surface area (Å²) in [5.74, 6) is 0.563. The zero-order chi connectivity index (χ0) is 23.5. The molecule has 0 radical (unpaired) electrons. The van der Waals surface area contributed by atoms with E-state index < -0.39 is 0 Å². The molecular formula is C26H19Cl2N3O2S. The van der Waals surface area contributed by atoms with Gasteiger partial charge in [-0.05, 0) is 65.5 Å². The molecule has 1 aliphatic heterocycles. The highest BCUT2D eigenvalue weighted by atomic mass is 35.5. The second-order valence-corrected chi connectivity index (χ2v) is 9.33. The van der Waals surface area contributed by atoms with Gasteiger partial charge in [-0.1, -0.05) is 59.6 Å². The van der Waals surface area contributed by atoms with Crippen LogP contribution >= 0.6 is 35.1 Å². The van der Waals surface area contributed by atoms with Crippen LogP contribution in [0.3, 0.4) is 0 Å². The van der Waals surface area contributed by atoms with Crippen LogP contribution in [0.5, 0.6) is 5.75 Å². The molecule has 5 rings (SSSR count). The number of pyridine rings is 1. The van der Waals surface area contributed by atoms with E-state index in [0.717, 1.165) is 21.6 Å². The molecule has 1 aromatic heterocycles. The molecule has 0 saturated heterocycles. The smallest absolute Gasteiger partial charge is 0.265 e. The molecule has 0 aliphatic carbocycles. The number of hydrogen-bond donors (Lipinski definition) is 1. The highest BCUT2D eigenvalue weighted by Crippen LogP contribution is 2.38. The molecule has 8 heteroatoms. The van der Waals surface area contributed by atoms with Gasteiger partial charge in [0.15, 0.2) is 11.8 Å². The van der Waals surface area contributed by atoms with Crippen molar-refractivity contribution in [3.8, 4) is 16.9 Å². The number of hydrogen-bond acceptors (Lipinski definition) is 5. The van der Waals surface area contributed by atoms with Crippen LogP contribution in [0, 0.1) is 0 Å². The quantitative estimate of drug-likeness (QED) is 0.222. The van der Waals surface area contributed by atoms with Gasteiger partial charge in [-0.25, -0.2) is 4.98 Å². The molecule has 5 nitrogen and oxygen atoms in total. The Morgan fingerprint density at radius 3 is 2.56 bits per heavy atom. The lowest BCUT2D eigenvalue weighted by atomic mass is 10.0. The first-order valence-corrected chi connectivity index (χ1v) is 12.1. The van der Waals surface area contributed by atoms with E-state index in [0.29, 0.717) is 33.8 Å². The monoisotopic (exact) mass is 507 g/mol. The molecule has 4 aromatic rings. The van der Waals surface area contributed by atoms with E-state index in [1.54, 1.807) is 11.1 Å². The fraction of sp³-hybridized carbons (Fsp3) is 0.0769. The standard InChI is InChI=1S/C26H19Cl2N3O2S/c27-20-9-6-17(7-10-20)15-31-23-13-18(8-11-24(23)33-16-25(31)32)19-12-22(26(28)29-14-19)30-34-21-4-2-1-3-5-21/h1-14,30H,15-16H2. The highest BCUT2D eigenvalue weighted by Gasteiger charge is 2.26. The molecule has 0 bridgehead atoms. The Bertz CT molecular complexity index is 1330. The third kappa shape index (κ3) is 4.99. The second-order valence-electron chi connectivity index (χ2n) is 7.66. The summed E-state index contributed by atoms with van der Waals surface area (Å²) in [6.07, 6.45) is 1.72. The molecule has 0 saturated carbocycles. The van der Waals surface area contributed by atoms with Gasteiger partial charge in [0, 0.05) is 21.7 Å². The number of carbonyl (C=O) groups is 1. The normalized spacial score (nSPS) is 12.8. The largest absolute Gasteiger partial charge is 0.482 e. The number of halogens is 2. The maximum Gasteiger partial charge on any atom is 0.265 e. The molecule has 1 amide bonds. The SMILES string of the molecule is O=C1COc2ccc(-c3cnc(Cl)c(NSc4ccccc4)c3)cc2N1Cc1ccc(Cl)cc1. The van der Waals surface area contributed by atoms with Crippen molar-refractivity contribution >= 4 is 52.4 Å². The van der Waals surface area contributed by atoms with E-state index in [-0.39, 0.29) is 12.5 Å². The summed E-state index contributed by atoms with van der Waals surface area (Å²) >= 11 is 13.8. The third-order valence-electron chi connectivity index (χ3n) is 5.35. The van der Waals surface area contributed by atoms with E-state index in [1.807, 2.05) is 78.9 Å². The Hall–Kier alpha value is -3.19. The maximum absolute atomic E-state index is 12.7. The first-order valence-electron chi connectivity index (χ1n) is 10.5. The number of fused-ring (bicyclic) bond motifs is 1. The van der Waals surface area contributed by atoms with Crippen molar-refractivity contribution in [1.82, 2.24) is 4.98 Å². The Kier molecular flexibility index (Phi) is 6.63. The lowest BCUT2D eigenvalue weighted by molar-refractivity contribution is -0.121. The van der Waals surface area contributed by atoms with Crippen molar-refractivity contribution < 1.29 is 9.53 Å². The van der Waals surface area contributed by atoms with Crippen LogP contribution in [0.2, 0.25) is 10.2 Å². The van der Waals surface area contributed by atoms with Crippen LogP contribution in [0.4, 0.5) is 11.4 Å². The fourth-order valence-corrected chi connectivity index (χ4v) is 4.62. The zero-order valence-electron chi connectivity index (χ0n) is 17.9. The first kappa shape index (κ1) is 22.6. The van der Waals surface area contributed by atoms with E-state index in [1.165, 1.54) is 11.9 Å². The van der Waals surface area contributed by atoms with E-state index in [2.05, 4.69) is 9.71 Å². The molecule has 0 fully saturated rings. The molecule has 2 heterocycles. The lowest BCUT2D eigenvalue weighted by Gasteiger charge is -2.30. The predicted molar refractivity (Wildman–Crippen MR) is 139 cm³/mol. The van der Waals surface area contributed by atoms with Gasteiger partial charge in [0.05, 0.1) is 17.9 Å². The number of amides is 1. The second kappa shape index (κ2) is 9.97. The topological polar surface area (TPSA) is 54.5 Å². The average Bonchev–Trinajstić information content (AvgIpc) is 2.87. The van der Waals surface area contributed by atoms with Gasteiger partial charge in [0.2, 0.25) is 0 Å². The number of carbonyl (C=O) groups excluding carboxylic acids is 1. The maximum atomic E-state index is 12.7. The number of ether oxygens (including phenoxy) is 1. The molecular weight excluding hydrogens is 489 g/mol. The van der Waals surface area contributed by atoms with Crippen molar-refractivity contribution in [2.45, 2.75) is 11.4 Å². The fourth-order valence-electron chi connectivity index (χ4n) is 3.61. The summed E-state index contributed by atoms with van der Waals surface area (Å²) < 4.78 is 8.96.